The molecule has 0 spiro atoms. The maximum atomic E-state index is 9.65. The van der Waals surface area contributed by atoms with Crippen LogP contribution in [0.3, 0.4) is 0 Å². The zero-order valence-corrected chi connectivity index (χ0v) is 15.2. The highest BCUT2D eigenvalue weighted by Crippen LogP contribution is 2.23. The third-order valence-corrected chi connectivity index (χ3v) is 5.75. The third-order valence-electron chi connectivity index (χ3n) is 5.75. The molecule has 0 amide bonds. The summed E-state index contributed by atoms with van der Waals surface area (Å²) in [4.78, 5) is 0. The highest BCUT2D eigenvalue weighted by Gasteiger charge is 2.45. The molecule has 6 unspecified atom stereocenters. The molecule has 5 N–H and O–H groups in total. The molecule has 3 aliphatic rings. The van der Waals surface area contributed by atoms with Crippen molar-refractivity contribution in [1.82, 2.24) is 21.3 Å². The van der Waals surface area contributed by atoms with E-state index in [1.165, 1.54) is 25.7 Å². The Morgan fingerprint density at radius 2 is 1.64 bits per heavy atom. The van der Waals surface area contributed by atoms with Crippen molar-refractivity contribution >= 4 is 5.90 Å². The van der Waals surface area contributed by atoms with Gasteiger partial charge in [-0.1, -0.05) is 12.8 Å². The molecule has 0 bridgehead atoms. The standard InChI is InChI=1S/C18H32N6O/c1-2-25-18(20)17-14(11-19)23-15(12-7-3-5-9-21-12)16(24-17)13-8-4-6-10-22-13/h12-17,20-24H,2-10H2,1H3. The maximum absolute atomic E-state index is 9.65. The van der Waals surface area contributed by atoms with Crippen LogP contribution in [-0.2, 0) is 4.74 Å². The molecule has 0 aromatic rings. The maximum Gasteiger partial charge on any atom is 0.200 e. The van der Waals surface area contributed by atoms with Crippen LogP contribution >= 0.6 is 0 Å². The van der Waals surface area contributed by atoms with Crippen LogP contribution in [0.2, 0.25) is 0 Å². The van der Waals surface area contributed by atoms with Crippen LogP contribution in [0.1, 0.15) is 45.4 Å². The highest BCUT2D eigenvalue weighted by molar-refractivity contribution is 5.80. The van der Waals surface area contributed by atoms with Crippen LogP contribution in [-0.4, -0.2) is 61.8 Å². The van der Waals surface area contributed by atoms with Crippen molar-refractivity contribution < 1.29 is 4.74 Å². The Hall–Kier alpha value is -1.20. The van der Waals surface area contributed by atoms with Crippen LogP contribution < -0.4 is 21.3 Å². The van der Waals surface area contributed by atoms with Gasteiger partial charge in [-0.25, -0.2) is 0 Å². The molecule has 0 radical (unpaired) electrons. The van der Waals surface area contributed by atoms with Crippen molar-refractivity contribution in [2.75, 3.05) is 19.7 Å². The summed E-state index contributed by atoms with van der Waals surface area (Å²) in [5.74, 6) is 0.164. The van der Waals surface area contributed by atoms with E-state index in [-0.39, 0.29) is 18.0 Å². The van der Waals surface area contributed by atoms with E-state index < -0.39 is 12.1 Å². The molecule has 0 aliphatic carbocycles. The fraction of sp³-hybridized carbons (Fsp3) is 0.889. The molecular weight excluding hydrogens is 316 g/mol. The summed E-state index contributed by atoms with van der Waals surface area (Å²) < 4.78 is 5.42. The number of hydrogen-bond donors (Lipinski definition) is 5. The lowest BCUT2D eigenvalue weighted by atomic mass is 9.82. The lowest BCUT2D eigenvalue weighted by Crippen LogP contribution is -2.76. The molecule has 25 heavy (non-hydrogen) atoms. The SMILES string of the molecule is CCOC(=N)C1NC(C2CCCCN2)C(C2CCCCN2)NC1C#N. The number of nitrogens with one attached hydrogen (secondary N) is 5. The van der Waals surface area contributed by atoms with Crippen LogP contribution in [0.15, 0.2) is 0 Å². The minimum absolute atomic E-state index is 0.164. The average Bonchev–Trinajstić information content (AvgIpc) is 2.68. The first-order valence-electron chi connectivity index (χ1n) is 9.84. The third kappa shape index (κ3) is 4.32. The van der Waals surface area contributed by atoms with Crippen LogP contribution in [0.4, 0.5) is 0 Å². The van der Waals surface area contributed by atoms with E-state index in [4.69, 9.17) is 10.1 Å². The summed E-state index contributed by atoms with van der Waals surface area (Å²) in [6, 6.07) is 2.62. The molecule has 3 heterocycles. The minimum atomic E-state index is -0.437. The van der Waals surface area contributed by atoms with E-state index in [0.717, 1.165) is 25.9 Å². The Bertz CT molecular complexity index is 480. The lowest BCUT2D eigenvalue weighted by Gasteiger charge is -2.48. The molecule has 0 aromatic heterocycles. The van der Waals surface area contributed by atoms with Crippen molar-refractivity contribution in [2.24, 2.45) is 0 Å². The number of nitriles is 1. The Morgan fingerprint density at radius 3 is 2.12 bits per heavy atom. The highest BCUT2D eigenvalue weighted by atomic mass is 16.5. The second kappa shape index (κ2) is 8.95. The number of rotatable bonds is 4. The normalized spacial score (nSPS) is 39.4. The fourth-order valence-corrected chi connectivity index (χ4v) is 4.50. The fourth-order valence-electron chi connectivity index (χ4n) is 4.50. The molecule has 140 valence electrons. The van der Waals surface area contributed by atoms with Crippen molar-refractivity contribution in [3.63, 3.8) is 0 Å². The van der Waals surface area contributed by atoms with Gasteiger partial charge >= 0.3 is 0 Å². The molecule has 3 aliphatic heterocycles. The number of piperazine rings is 1. The predicted octanol–water partition coefficient (Wildman–Crippen LogP) is 0.475. The van der Waals surface area contributed by atoms with Crippen molar-refractivity contribution in [2.45, 2.75) is 81.7 Å². The number of ether oxygens (including phenoxy) is 1. The molecule has 0 aromatic carbocycles. The van der Waals surface area contributed by atoms with Gasteiger partial charge in [-0.05, 0) is 45.7 Å². The van der Waals surface area contributed by atoms with Crippen LogP contribution in [0, 0.1) is 16.7 Å². The molecule has 7 nitrogen and oxygen atoms in total. The quantitative estimate of drug-likeness (QED) is 0.374. The molecule has 6 atom stereocenters. The molecule has 0 saturated carbocycles. The van der Waals surface area contributed by atoms with E-state index in [1.54, 1.807) is 0 Å². The molecule has 3 rings (SSSR count). The van der Waals surface area contributed by atoms with Crippen molar-refractivity contribution in [3.8, 4) is 6.07 Å². The van der Waals surface area contributed by atoms with Gasteiger partial charge in [0.05, 0.1) is 12.7 Å². The zero-order chi connectivity index (χ0) is 17.6. The summed E-state index contributed by atoms with van der Waals surface area (Å²) >= 11 is 0. The van der Waals surface area contributed by atoms with Gasteiger partial charge in [-0.2, -0.15) is 5.26 Å². The number of nitrogens with zero attached hydrogens (tertiary/aromatic N) is 1. The van der Waals surface area contributed by atoms with Gasteiger partial charge in [-0.15, -0.1) is 0 Å². The Balaban J connectivity index is 1.79. The second-order valence-corrected chi connectivity index (χ2v) is 7.38. The molecular formula is C18H32N6O. The summed E-state index contributed by atoms with van der Waals surface area (Å²) in [6.45, 7) is 4.42. The van der Waals surface area contributed by atoms with Gasteiger partial charge in [0.2, 0.25) is 5.90 Å². The van der Waals surface area contributed by atoms with Gasteiger partial charge in [-0.3, -0.25) is 16.0 Å². The molecule has 7 heteroatoms. The number of hydrogen-bond acceptors (Lipinski definition) is 7. The molecule has 3 fully saturated rings. The Morgan fingerprint density at radius 1 is 1.04 bits per heavy atom. The van der Waals surface area contributed by atoms with Gasteiger partial charge in [0.15, 0.2) is 0 Å². The van der Waals surface area contributed by atoms with Crippen LogP contribution in [0.5, 0.6) is 0 Å². The minimum Gasteiger partial charge on any atom is -0.480 e. The first-order chi connectivity index (χ1) is 12.2. The summed E-state index contributed by atoms with van der Waals surface area (Å²) in [6.07, 6.45) is 7.18. The second-order valence-electron chi connectivity index (χ2n) is 7.38. The smallest absolute Gasteiger partial charge is 0.200 e. The average molecular weight is 348 g/mol. The van der Waals surface area contributed by atoms with E-state index in [9.17, 15) is 5.26 Å². The lowest BCUT2D eigenvalue weighted by molar-refractivity contribution is 0.148. The summed E-state index contributed by atoms with van der Waals surface area (Å²) in [5.41, 5.74) is 0. The molecule has 3 saturated heterocycles. The van der Waals surface area contributed by atoms with Gasteiger partial charge in [0.25, 0.3) is 0 Å². The Labute approximate surface area is 150 Å². The van der Waals surface area contributed by atoms with Crippen LogP contribution in [0.25, 0.3) is 0 Å². The van der Waals surface area contributed by atoms with E-state index in [2.05, 4.69) is 27.3 Å². The van der Waals surface area contributed by atoms with Gasteiger partial charge < -0.3 is 15.4 Å². The number of piperidine rings is 2. The monoisotopic (exact) mass is 348 g/mol. The van der Waals surface area contributed by atoms with Gasteiger partial charge in [0, 0.05) is 24.2 Å². The summed E-state index contributed by atoms with van der Waals surface area (Å²) in [5, 5.41) is 32.4. The largest absolute Gasteiger partial charge is 0.480 e. The van der Waals surface area contributed by atoms with E-state index in [0.29, 0.717) is 18.7 Å². The van der Waals surface area contributed by atoms with E-state index >= 15 is 0 Å². The van der Waals surface area contributed by atoms with E-state index in [1.807, 2.05) is 6.92 Å². The predicted molar refractivity (Wildman–Crippen MR) is 97.7 cm³/mol. The topological polar surface area (TPSA) is 105 Å². The first kappa shape index (κ1) is 18.6. The van der Waals surface area contributed by atoms with Gasteiger partial charge in [0.1, 0.15) is 12.1 Å². The van der Waals surface area contributed by atoms with Crippen molar-refractivity contribution in [1.29, 1.82) is 10.7 Å². The Kier molecular flexibility index (Phi) is 6.65. The first-order valence-corrected chi connectivity index (χ1v) is 9.84. The van der Waals surface area contributed by atoms with Crippen molar-refractivity contribution in [3.05, 3.63) is 0 Å². The summed E-state index contributed by atoms with van der Waals surface area (Å²) in [7, 11) is 0. The zero-order valence-electron chi connectivity index (χ0n) is 15.2.